The lowest BCUT2D eigenvalue weighted by molar-refractivity contribution is 0.0857. The first kappa shape index (κ1) is 15.5. The van der Waals surface area contributed by atoms with Crippen LogP contribution in [0.25, 0.3) is 10.8 Å². The molecule has 1 atom stereocenters. The zero-order valence-corrected chi connectivity index (χ0v) is 14.6. The third-order valence-corrected chi connectivity index (χ3v) is 4.81. The summed E-state index contributed by atoms with van der Waals surface area (Å²) in [4.78, 5) is 5.67. The topological polar surface area (TPSA) is 21.6 Å². The van der Waals surface area contributed by atoms with E-state index in [1.165, 1.54) is 16.3 Å². The van der Waals surface area contributed by atoms with Gasteiger partial charge in [-0.3, -0.25) is 0 Å². The Kier molecular flexibility index (Phi) is 3.95. The van der Waals surface area contributed by atoms with Gasteiger partial charge in [0.25, 0.3) is 0 Å². The summed E-state index contributed by atoms with van der Waals surface area (Å²) in [5, 5.41) is 7.99. The maximum Gasteiger partial charge on any atom is 0.158 e. The summed E-state index contributed by atoms with van der Waals surface area (Å²) in [6.45, 7) is 2.12. The number of rotatable bonds is 2. The van der Waals surface area contributed by atoms with Crippen molar-refractivity contribution in [3.63, 3.8) is 0 Å². The Balaban J connectivity index is 1.69. The molecule has 0 fully saturated rings. The van der Waals surface area contributed by atoms with Gasteiger partial charge < -0.3 is 4.84 Å². The zero-order chi connectivity index (χ0) is 16.7. The Morgan fingerprint density at radius 1 is 0.958 bits per heavy atom. The summed E-state index contributed by atoms with van der Waals surface area (Å²) in [6, 6.07) is 18.1. The molecule has 3 aromatic carbocycles. The van der Waals surface area contributed by atoms with E-state index in [-0.39, 0.29) is 6.10 Å². The number of nitrogens with zero attached hydrogens (tertiary/aromatic N) is 1. The Morgan fingerprint density at radius 2 is 1.67 bits per heavy atom. The van der Waals surface area contributed by atoms with Gasteiger partial charge in [0.2, 0.25) is 0 Å². The van der Waals surface area contributed by atoms with E-state index in [0.29, 0.717) is 16.5 Å². The second-order valence-corrected chi connectivity index (χ2v) is 6.89. The van der Waals surface area contributed by atoms with E-state index in [1.54, 1.807) is 6.07 Å². The summed E-state index contributed by atoms with van der Waals surface area (Å²) >= 11 is 12.2. The van der Waals surface area contributed by atoms with E-state index in [1.807, 2.05) is 12.1 Å². The molecule has 24 heavy (non-hydrogen) atoms. The highest BCUT2D eigenvalue weighted by Gasteiger charge is 2.25. The Hall–Kier alpha value is -2.03. The fourth-order valence-corrected chi connectivity index (χ4v) is 3.72. The normalized spacial score (nSPS) is 17.0. The molecule has 0 N–H and O–H groups in total. The van der Waals surface area contributed by atoms with Crippen LogP contribution in [0.15, 0.2) is 59.8 Å². The molecule has 0 saturated carbocycles. The van der Waals surface area contributed by atoms with Crippen molar-refractivity contribution in [2.45, 2.75) is 19.4 Å². The van der Waals surface area contributed by atoms with Crippen molar-refractivity contribution in [3.05, 3.63) is 81.3 Å². The highest BCUT2D eigenvalue weighted by Crippen LogP contribution is 2.34. The van der Waals surface area contributed by atoms with Crippen molar-refractivity contribution in [3.8, 4) is 0 Å². The molecule has 4 rings (SSSR count). The van der Waals surface area contributed by atoms with Gasteiger partial charge in [-0.15, -0.1) is 0 Å². The maximum atomic E-state index is 6.10. The minimum Gasteiger partial charge on any atom is -0.387 e. The molecule has 120 valence electrons. The quantitative estimate of drug-likeness (QED) is 0.526. The highest BCUT2D eigenvalue weighted by atomic mass is 35.5. The van der Waals surface area contributed by atoms with E-state index in [4.69, 9.17) is 28.0 Å². The minimum atomic E-state index is -0.156. The molecular weight excluding hydrogens is 341 g/mol. The van der Waals surface area contributed by atoms with Gasteiger partial charge in [-0.1, -0.05) is 64.8 Å². The first-order valence-electron chi connectivity index (χ1n) is 7.79. The number of hydrogen-bond acceptors (Lipinski definition) is 2. The maximum absolute atomic E-state index is 6.10. The van der Waals surface area contributed by atoms with Crippen LogP contribution in [0, 0.1) is 6.92 Å². The fourth-order valence-electron chi connectivity index (χ4n) is 3.18. The highest BCUT2D eigenvalue weighted by molar-refractivity contribution is 6.34. The van der Waals surface area contributed by atoms with Crippen LogP contribution in [-0.2, 0) is 4.84 Å². The van der Waals surface area contributed by atoms with Gasteiger partial charge in [-0.05, 0) is 47.0 Å². The van der Waals surface area contributed by atoms with Gasteiger partial charge in [-0.25, -0.2) is 0 Å². The van der Waals surface area contributed by atoms with Crippen LogP contribution in [0.2, 0.25) is 10.0 Å². The second-order valence-electron chi connectivity index (χ2n) is 6.01. The van der Waals surface area contributed by atoms with E-state index < -0.39 is 0 Å². The first-order chi connectivity index (χ1) is 11.6. The lowest BCUT2D eigenvalue weighted by atomic mass is 9.94. The number of benzene rings is 3. The third-order valence-electron chi connectivity index (χ3n) is 4.38. The van der Waals surface area contributed by atoms with Crippen LogP contribution < -0.4 is 0 Å². The Bertz CT molecular complexity index is 945. The second kappa shape index (κ2) is 6.12. The SMILES string of the molecule is Cc1ccc(C2=NOC(c3cc(Cl)cc(Cl)c3)C2)c2ccccc12. The van der Waals surface area contributed by atoms with Crippen molar-refractivity contribution in [2.75, 3.05) is 0 Å². The van der Waals surface area contributed by atoms with Gasteiger partial charge in [0.15, 0.2) is 6.10 Å². The molecule has 1 unspecified atom stereocenters. The lowest BCUT2D eigenvalue weighted by Gasteiger charge is -2.10. The number of halogens is 2. The predicted octanol–water partition coefficient (Wildman–Crippen LogP) is 6.32. The number of oxime groups is 1. The van der Waals surface area contributed by atoms with Crippen LogP contribution in [0.1, 0.15) is 29.2 Å². The van der Waals surface area contributed by atoms with Crippen LogP contribution in [0.3, 0.4) is 0 Å². The molecule has 0 radical (unpaired) electrons. The first-order valence-corrected chi connectivity index (χ1v) is 8.55. The molecule has 0 amide bonds. The summed E-state index contributed by atoms with van der Waals surface area (Å²) in [7, 11) is 0. The molecule has 0 spiro atoms. The van der Waals surface area contributed by atoms with Crippen molar-refractivity contribution in [1.29, 1.82) is 0 Å². The monoisotopic (exact) mass is 355 g/mol. The lowest BCUT2D eigenvalue weighted by Crippen LogP contribution is -2.03. The number of fused-ring (bicyclic) bond motifs is 1. The largest absolute Gasteiger partial charge is 0.387 e. The van der Waals surface area contributed by atoms with Gasteiger partial charge in [0, 0.05) is 22.0 Å². The van der Waals surface area contributed by atoms with Crippen molar-refractivity contribution in [1.82, 2.24) is 0 Å². The zero-order valence-electron chi connectivity index (χ0n) is 13.1. The van der Waals surface area contributed by atoms with Crippen LogP contribution in [0.4, 0.5) is 0 Å². The predicted molar refractivity (Wildman–Crippen MR) is 100 cm³/mol. The van der Waals surface area contributed by atoms with E-state index >= 15 is 0 Å². The average Bonchev–Trinajstić information content (AvgIpc) is 3.04. The molecule has 3 aromatic rings. The molecule has 0 aromatic heterocycles. The summed E-state index contributed by atoms with van der Waals surface area (Å²) in [6.07, 6.45) is 0.542. The smallest absolute Gasteiger partial charge is 0.158 e. The average molecular weight is 356 g/mol. The summed E-state index contributed by atoms with van der Waals surface area (Å²) in [5.41, 5.74) is 4.27. The molecule has 1 aliphatic heterocycles. The van der Waals surface area contributed by atoms with Gasteiger partial charge >= 0.3 is 0 Å². The van der Waals surface area contributed by atoms with E-state index in [0.717, 1.165) is 16.8 Å². The van der Waals surface area contributed by atoms with Crippen molar-refractivity contribution < 1.29 is 4.84 Å². The molecule has 0 bridgehead atoms. The molecule has 2 nitrogen and oxygen atoms in total. The van der Waals surface area contributed by atoms with E-state index in [2.05, 4.69) is 48.5 Å². The minimum absolute atomic E-state index is 0.156. The third kappa shape index (κ3) is 2.77. The van der Waals surface area contributed by atoms with Crippen LogP contribution in [-0.4, -0.2) is 5.71 Å². The van der Waals surface area contributed by atoms with Crippen molar-refractivity contribution >= 4 is 39.7 Å². The van der Waals surface area contributed by atoms with Gasteiger partial charge in [0.05, 0.1) is 5.71 Å². The summed E-state index contributed by atoms with van der Waals surface area (Å²) in [5.74, 6) is 0. The summed E-state index contributed by atoms with van der Waals surface area (Å²) < 4.78 is 0. The number of aryl methyl sites for hydroxylation is 1. The van der Waals surface area contributed by atoms with Crippen molar-refractivity contribution in [2.24, 2.45) is 5.16 Å². The Labute approximate surface area is 150 Å². The van der Waals surface area contributed by atoms with E-state index in [9.17, 15) is 0 Å². The van der Waals surface area contributed by atoms with Gasteiger partial charge in [-0.2, -0.15) is 0 Å². The number of hydrogen-bond donors (Lipinski definition) is 0. The molecular formula is C20H15Cl2NO. The molecule has 1 heterocycles. The fraction of sp³-hybridized carbons (Fsp3) is 0.150. The molecule has 4 heteroatoms. The molecule has 1 aliphatic rings. The van der Waals surface area contributed by atoms with Gasteiger partial charge in [0.1, 0.15) is 0 Å². The van der Waals surface area contributed by atoms with Crippen LogP contribution in [0.5, 0.6) is 0 Å². The standard InChI is InChI=1S/C20H15Cl2NO/c1-12-6-7-18(17-5-3-2-4-16(12)17)19-11-20(24-23-19)13-8-14(21)10-15(22)9-13/h2-10,20H,11H2,1H3. The molecule has 0 saturated heterocycles. The molecule has 0 aliphatic carbocycles. The Morgan fingerprint density at radius 3 is 2.42 bits per heavy atom. The van der Waals surface area contributed by atoms with Crippen LogP contribution >= 0.6 is 23.2 Å².